The second-order valence-corrected chi connectivity index (χ2v) is 10.7. The van der Waals surface area contributed by atoms with Crippen LogP contribution in [0.3, 0.4) is 0 Å². The lowest BCUT2D eigenvalue weighted by molar-refractivity contribution is 0.0999. The highest BCUT2D eigenvalue weighted by Gasteiger charge is 2.41. The van der Waals surface area contributed by atoms with Crippen molar-refractivity contribution in [2.45, 2.75) is 6.92 Å². The summed E-state index contributed by atoms with van der Waals surface area (Å²) in [4.78, 5) is 35.3. The number of carbonyl (C=O) groups is 1. The Morgan fingerprint density at radius 3 is 2.39 bits per heavy atom. The van der Waals surface area contributed by atoms with Crippen molar-refractivity contribution in [3.05, 3.63) is 62.7 Å². The van der Waals surface area contributed by atoms with Gasteiger partial charge in [-0.2, -0.15) is 4.98 Å². The lowest BCUT2D eigenvalue weighted by atomic mass is 10.1. The number of likely N-dealkylation sites (N-methyl/N-ethyl adjacent to an activating group) is 1. The van der Waals surface area contributed by atoms with Crippen molar-refractivity contribution in [2.24, 2.45) is 4.99 Å². The van der Waals surface area contributed by atoms with Gasteiger partial charge < -0.3 is 15.1 Å². The van der Waals surface area contributed by atoms with E-state index in [4.69, 9.17) is 39.8 Å². The van der Waals surface area contributed by atoms with Crippen molar-refractivity contribution in [1.82, 2.24) is 14.9 Å². The van der Waals surface area contributed by atoms with Gasteiger partial charge in [-0.15, -0.1) is 0 Å². The molecule has 1 aromatic heterocycles. The van der Waals surface area contributed by atoms with Gasteiger partial charge in [0, 0.05) is 44.6 Å². The molecule has 1 saturated heterocycles. The Balaban J connectivity index is 1.31. The summed E-state index contributed by atoms with van der Waals surface area (Å²) < 4.78 is 0. The van der Waals surface area contributed by atoms with Gasteiger partial charge in [-0.05, 0) is 37.7 Å². The van der Waals surface area contributed by atoms with Crippen LogP contribution in [0.1, 0.15) is 15.9 Å². The minimum atomic E-state index is -0.276. The number of aromatic nitrogens is 2. The minimum absolute atomic E-state index is 0.276. The van der Waals surface area contributed by atoms with Gasteiger partial charge in [0.05, 0.1) is 33.0 Å². The molecule has 4 heterocycles. The number of rotatable bonds is 4. The summed E-state index contributed by atoms with van der Waals surface area (Å²) in [6.07, 6.45) is 1.53. The number of anilines is 5. The maximum atomic E-state index is 13.6. The largest absolute Gasteiger partial charge is 0.367 e. The molecule has 0 aliphatic carbocycles. The molecule has 0 saturated carbocycles. The predicted molar refractivity (Wildman–Crippen MR) is 154 cm³/mol. The van der Waals surface area contributed by atoms with E-state index in [2.05, 4.69) is 32.1 Å². The lowest BCUT2D eigenvalue weighted by Gasteiger charge is -2.35. The number of fused-ring (bicyclic) bond motifs is 3. The molecule has 6 rings (SSSR count). The Morgan fingerprint density at radius 2 is 1.68 bits per heavy atom. The number of nitrogens with one attached hydrogen (secondary N) is 1. The molecule has 1 amide bonds. The van der Waals surface area contributed by atoms with Crippen molar-refractivity contribution in [3.8, 4) is 0 Å². The second-order valence-electron chi connectivity index (χ2n) is 9.51. The van der Waals surface area contributed by atoms with Crippen molar-refractivity contribution >= 4 is 75.5 Å². The number of aryl methyl sites for hydroxylation is 1. The van der Waals surface area contributed by atoms with Crippen LogP contribution in [0.5, 0.6) is 0 Å². The molecular weight excluding hydrogens is 547 g/mol. The van der Waals surface area contributed by atoms with Crippen LogP contribution in [0.2, 0.25) is 15.1 Å². The Morgan fingerprint density at radius 1 is 0.947 bits per heavy atom. The molecule has 0 radical (unpaired) electrons. The van der Waals surface area contributed by atoms with E-state index in [1.54, 1.807) is 11.0 Å². The maximum absolute atomic E-state index is 13.6. The maximum Gasteiger partial charge on any atom is 0.270 e. The molecule has 0 unspecified atom stereocenters. The fourth-order valence-electron chi connectivity index (χ4n) is 5.04. The van der Waals surface area contributed by atoms with Crippen molar-refractivity contribution < 1.29 is 4.79 Å². The highest BCUT2D eigenvalue weighted by molar-refractivity contribution is 6.40. The standard InChI is InChI=1S/C26H25Cl3N8O/c1-15-4-3-5-18(27)21(15)37-24(38)17-14-31-25(33-23(17)36-7-6-30-26(36)37)32-16-12-19(28)22(20(29)13-16)35-10-8-34(2)9-11-35/h3-5,12-14H,6-11H2,1-2H3,(H,31,32,33). The quantitative estimate of drug-likeness (QED) is 0.468. The SMILES string of the molecule is Cc1cccc(Cl)c1N1C(=O)c2cnc(Nc3cc(Cl)c(N4CCN(C)CC4)c(Cl)c3)nc2N2CCN=C21. The number of hydrogen-bond donors (Lipinski definition) is 1. The topological polar surface area (TPSA) is 80.2 Å². The molecule has 38 heavy (non-hydrogen) atoms. The molecule has 0 bridgehead atoms. The zero-order valence-electron chi connectivity index (χ0n) is 20.9. The molecule has 3 aliphatic heterocycles. The van der Waals surface area contributed by atoms with Crippen LogP contribution in [0.25, 0.3) is 0 Å². The van der Waals surface area contributed by atoms with Crippen molar-refractivity contribution in [2.75, 3.05) is 66.3 Å². The summed E-state index contributed by atoms with van der Waals surface area (Å²) in [5.74, 6) is 1.05. The van der Waals surface area contributed by atoms with E-state index in [1.165, 1.54) is 6.20 Å². The molecular formula is C26H25Cl3N8O. The van der Waals surface area contributed by atoms with Crippen LogP contribution in [-0.4, -0.2) is 73.1 Å². The van der Waals surface area contributed by atoms with E-state index in [-0.39, 0.29) is 5.91 Å². The summed E-state index contributed by atoms with van der Waals surface area (Å²) in [6, 6.07) is 9.17. The first kappa shape index (κ1) is 25.2. The van der Waals surface area contributed by atoms with Crippen LogP contribution in [0, 0.1) is 6.92 Å². The van der Waals surface area contributed by atoms with Crippen LogP contribution in [0.15, 0.2) is 41.5 Å². The molecule has 3 aromatic rings. The summed E-state index contributed by atoms with van der Waals surface area (Å²) in [7, 11) is 2.10. The molecule has 1 N–H and O–H groups in total. The van der Waals surface area contributed by atoms with E-state index >= 15 is 0 Å². The highest BCUT2D eigenvalue weighted by atomic mass is 35.5. The molecule has 0 spiro atoms. The number of para-hydroxylation sites is 1. The van der Waals surface area contributed by atoms with Gasteiger partial charge >= 0.3 is 0 Å². The fourth-order valence-corrected chi connectivity index (χ4v) is 6.07. The van der Waals surface area contributed by atoms with Crippen LogP contribution >= 0.6 is 34.8 Å². The first-order chi connectivity index (χ1) is 18.3. The van der Waals surface area contributed by atoms with Crippen molar-refractivity contribution in [1.29, 1.82) is 0 Å². The second kappa shape index (κ2) is 9.89. The molecule has 196 valence electrons. The van der Waals surface area contributed by atoms with E-state index in [9.17, 15) is 4.79 Å². The van der Waals surface area contributed by atoms with Gasteiger partial charge in [-0.1, -0.05) is 46.9 Å². The summed E-state index contributed by atoms with van der Waals surface area (Å²) >= 11 is 19.9. The smallest absolute Gasteiger partial charge is 0.270 e. The fraction of sp³-hybridized carbons (Fsp3) is 0.308. The summed E-state index contributed by atoms with van der Waals surface area (Å²) in [5.41, 5.74) is 3.34. The average molecular weight is 572 g/mol. The van der Waals surface area contributed by atoms with Gasteiger partial charge in [-0.3, -0.25) is 14.7 Å². The summed E-state index contributed by atoms with van der Waals surface area (Å²) in [6.45, 7) is 6.65. The third-order valence-corrected chi connectivity index (χ3v) is 7.86. The third-order valence-electron chi connectivity index (χ3n) is 6.98. The normalized spacial score (nSPS) is 17.4. The van der Waals surface area contributed by atoms with Crippen LogP contribution < -0.4 is 20.0 Å². The molecule has 0 atom stereocenters. The van der Waals surface area contributed by atoms with Gasteiger partial charge in [0.2, 0.25) is 11.9 Å². The first-order valence-corrected chi connectivity index (χ1v) is 13.4. The van der Waals surface area contributed by atoms with Gasteiger partial charge in [-0.25, -0.2) is 9.88 Å². The first-order valence-electron chi connectivity index (χ1n) is 12.3. The molecule has 2 aromatic carbocycles. The molecule has 9 nitrogen and oxygen atoms in total. The van der Waals surface area contributed by atoms with Gasteiger partial charge in [0.1, 0.15) is 5.56 Å². The van der Waals surface area contributed by atoms with E-state index in [1.807, 2.05) is 36.1 Å². The zero-order valence-corrected chi connectivity index (χ0v) is 23.1. The number of nitrogens with zero attached hydrogens (tertiary/aromatic N) is 7. The van der Waals surface area contributed by atoms with Gasteiger partial charge in [0.25, 0.3) is 5.91 Å². The highest BCUT2D eigenvalue weighted by Crippen LogP contribution is 2.39. The summed E-state index contributed by atoms with van der Waals surface area (Å²) in [5, 5.41) is 4.78. The average Bonchev–Trinajstić information content (AvgIpc) is 3.36. The Labute approximate surface area is 235 Å². The van der Waals surface area contributed by atoms with Crippen LogP contribution in [-0.2, 0) is 0 Å². The number of benzene rings is 2. The van der Waals surface area contributed by atoms with Gasteiger partial charge in [0.15, 0.2) is 5.82 Å². The number of carbonyl (C=O) groups excluding carboxylic acids is 1. The number of halogens is 3. The number of piperazine rings is 1. The Hall–Kier alpha value is -3.11. The minimum Gasteiger partial charge on any atom is -0.367 e. The number of aliphatic imine (C=N–C) groups is 1. The van der Waals surface area contributed by atoms with E-state index in [0.717, 1.165) is 37.4 Å². The lowest BCUT2D eigenvalue weighted by Crippen LogP contribution is -2.51. The number of amides is 1. The molecule has 12 heteroatoms. The van der Waals surface area contributed by atoms with E-state index < -0.39 is 0 Å². The molecule has 3 aliphatic rings. The Bertz CT molecular complexity index is 1430. The Kier molecular flexibility index (Phi) is 6.55. The predicted octanol–water partition coefficient (Wildman–Crippen LogP) is 5.08. The zero-order chi connectivity index (χ0) is 26.6. The third kappa shape index (κ3) is 4.33. The number of hydrogen-bond acceptors (Lipinski definition) is 8. The van der Waals surface area contributed by atoms with Crippen molar-refractivity contribution in [3.63, 3.8) is 0 Å². The van der Waals surface area contributed by atoms with Crippen LogP contribution in [0.4, 0.5) is 28.8 Å². The number of guanidine groups is 1. The molecule has 1 fully saturated rings. The monoisotopic (exact) mass is 570 g/mol. The van der Waals surface area contributed by atoms with E-state index in [0.29, 0.717) is 62.8 Å².